The summed E-state index contributed by atoms with van der Waals surface area (Å²) in [5.41, 5.74) is 0. The smallest absolute Gasteiger partial charge is 0.132 e. The van der Waals surface area contributed by atoms with E-state index in [4.69, 9.17) is 28.8 Å². The van der Waals surface area contributed by atoms with E-state index in [2.05, 4.69) is 47.7 Å². The molecule has 2 radical (unpaired) electrons. The predicted octanol–water partition coefficient (Wildman–Crippen LogP) is 5.27. The average Bonchev–Trinajstić information content (AvgIpc) is 3.59. The minimum absolute atomic E-state index is 0. The Bertz CT molecular complexity index is 248. The van der Waals surface area contributed by atoms with Crippen LogP contribution in [0.25, 0.3) is 0 Å². The van der Waals surface area contributed by atoms with E-state index in [1.165, 1.54) is 38.5 Å². The minimum Gasteiger partial charge on any atom is -0.545 e. The molecule has 2 aliphatic rings. The number of carbonyl (C=O) groups is 1. The van der Waals surface area contributed by atoms with Crippen molar-refractivity contribution in [1.82, 2.24) is 0 Å². The maximum Gasteiger partial charge on any atom is 0.132 e. The van der Waals surface area contributed by atoms with Gasteiger partial charge in [0.2, 0.25) is 0 Å². The van der Waals surface area contributed by atoms with Gasteiger partial charge in [0.05, 0.1) is 0 Å². The fourth-order valence-electron chi connectivity index (χ4n) is 2.46. The molecular weight excluding hydrogens is 522 g/mol. The molecule has 0 aromatic carbocycles. The van der Waals surface area contributed by atoms with Gasteiger partial charge in [-0.3, -0.25) is 45.5 Å². The molecule has 0 atom stereocenters. The van der Waals surface area contributed by atoms with Crippen molar-refractivity contribution >= 4 is 46.5 Å². The first-order valence-corrected chi connectivity index (χ1v) is 9.62. The maximum absolute atomic E-state index is 10.6. The normalized spacial score (nSPS) is 10.6. The van der Waals surface area contributed by atoms with Gasteiger partial charge in [-0.2, -0.15) is 0 Å². The minimum atomic E-state index is 0. The second kappa shape index (κ2) is 121. The topological polar surface area (TPSA) is 119 Å². The van der Waals surface area contributed by atoms with Crippen LogP contribution in [0.5, 0.6) is 0 Å². The standard InChI is InChI=1S/C7H12O.C6H12.2C2H6.6CHO.2CH3.2Mn/c1-6(8)7-4-2-3-5-7;1-6-4-2-3-5-6;8*1-2;;;;/h7H,2-5H2,1H3;6H,2-5H2,1H3;2*1-2H3;6*1H;2*1H3;;/q;;;;8*-1;;. The molecule has 2 rings (SSSR count). The number of hydrogen-bond donors (Lipinski definition) is 0. The van der Waals surface area contributed by atoms with Crippen LogP contribution in [-0.2, 0) is 67.7 Å². The van der Waals surface area contributed by atoms with E-state index in [-0.39, 0.29) is 49.0 Å². The van der Waals surface area contributed by atoms with Crippen LogP contribution >= 0.6 is 0 Å². The van der Waals surface area contributed by atoms with Gasteiger partial charge in [0.25, 0.3) is 0 Å². The number of rotatable bonds is 1. The predicted molar refractivity (Wildman–Crippen MR) is 136 cm³/mol. The number of Topliss-reactive ketones (excluding diaryl/α,β-unsaturated/α-hetero) is 1. The fraction of sp³-hybridized carbons (Fsp3) is 0.640. The molecular formula is C25H48Mn2O7-8. The van der Waals surface area contributed by atoms with Crippen molar-refractivity contribution in [2.75, 3.05) is 0 Å². The third-order valence-corrected chi connectivity index (χ3v) is 3.57. The van der Waals surface area contributed by atoms with Gasteiger partial charge in [-0.1, -0.05) is 73.1 Å². The number of carbonyl (C=O) groups excluding carboxylic acids is 7. The van der Waals surface area contributed by atoms with Crippen molar-refractivity contribution in [2.45, 2.75) is 92.9 Å². The van der Waals surface area contributed by atoms with E-state index in [0.717, 1.165) is 18.8 Å². The van der Waals surface area contributed by atoms with Crippen molar-refractivity contribution in [1.29, 1.82) is 0 Å². The van der Waals surface area contributed by atoms with Crippen LogP contribution in [0.2, 0.25) is 0 Å². The van der Waals surface area contributed by atoms with Gasteiger partial charge in [-0.05, 0) is 25.7 Å². The van der Waals surface area contributed by atoms with Gasteiger partial charge in [-0.15, -0.1) is 0 Å². The molecule has 0 amide bonds. The van der Waals surface area contributed by atoms with Crippen molar-refractivity contribution in [3.05, 3.63) is 14.9 Å². The molecule has 0 saturated heterocycles. The summed E-state index contributed by atoms with van der Waals surface area (Å²) >= 11 is 0. The second-order valence-corrected chi connectivity index (χ2v) is 4.98. The molecule has 0 heterocycles. The van der Waals surface area contributed by atoms with Crippen LogP contribution in [-0.4, -0.2) is 46.5 Å². The van der Waals surface area contributed by atoms with Crippen LogP contribution < -0.4 is 0 Å². The van der Waals surface area contributed by atoms with Crippen molar-refractivity contribution in [3.8, 4) is 0 Å². The Kier molecular flexibility index (Phi) is 273. The molecule has 0 aromatic rings. The van der Waals surface area contributed by atoms with Crippen molar-refractivity contribution in [2.24, 2.45) is 11.8 Å². The summed E-state index contributed by atoms with van der Waals surface area (Å²) in [6, 6.07) is 0. The molecule has 2 aliphatic carbocycles. The molecule has 0 spiro atoms. The summed E-state index contributed by atoms with van der Waals surface area (Å²) in [6.45, 7) is 31.5. The molecule has 0 bridgehead atoms. The van der Waals surface area contributed by atoms with E-state index in [1.807, 2.05) is 27.7 Å². The third kappa shape index (κ3) is 97.0. The summed E-state index contributed by atoms with van der Waals surface area (Å²) in [6.07, 6.45) is 10.8. The fourth-order valence-corrected chi connectivity index (χ4v) is 2.46. The zero-order valence-electron chi connectivity index (χ0n) is 22.4. The largest absolute Gasteiger partial charge is 0.545 e. The molecule has 212 valence electrons. The van der Waals surface area contributed by atoms with Gasteiger partial charge in [0.15, 0.2) is 0 Å². The SMILES string of the molecule is CC.CC.CC(=O)C1CCCC1.CC1CCCC1.[CH-]=O.[CH-]=O.[CH-]=O.[CH-]=O.[CH-]=O.[CH-]=O.[CH3-].[CH3-].[Mn].[Mn]. The Morgan fingerprint density at radius 2 is 0.706 bits per heavy atom. The van der Waals surface area contributed by atoms with E-state index in [0.29, 0.717) is 11.7 Å². The Hall–Kier alpha value is -1.27. The van der Waals surface area contributed by atoms with Gasteiger partial charge in [0.1, 0.15) is 5.78 Å². The van der Waals surface area contributed by atoms with E-state index in [1.54, 1.807) is 6.92 Å². The number of hydrogen-bond acceptors (Lipinski definition) is 7. The van der Waals surface area contributed by atoms with Gasteiger partial charge < -0.3 is 43.6 Å². The maximum atomic E-state index is 10.6. The molecule has 0 aromatic heterocycles. The van der Waals surface area contributed by atoms with Crippen LogP contribution in [0, 0.1) is 26.7 Å². The van der Waals surface area contributed by atoms with Crippen LogP contribution in [0.1, 0.15) is 92.9 Å². The molecule has 9 heteroatoms. The monoisotopic (exact) mass is 570 g/mol. The van der Waals surface area contributed by atoms with Gasteiger partial charge in [0, 0.05) is 40.1 Å². The Balaban J connectivity index is -0.0000000170. The van der Waals surface area contributed by atoms with Crippen LogP contribution in [0.15, 0.2) is 0 Å². The molecule has 0 N–H and O–H groups in total. The van der Waals surface area contributed by atoms with E-state index < -0.39 is 0 Å². The second-order valence-electron chi connectivity index (χ2n) is 4.98. The van der Waals surface area contributed by atoms with Crippen LogP contribution in [0.4, 0.5) is 0 Å². The van der Waals surface area contributed by atoms with Crippen molar-refractivity contribution in [3.63, 3.8) is 0 Å². The first kappa shape index (κ1) is 76.7. The molecule has 0 aliphatic heterocycles. The molecule has 0 unspecified atom stereocenters. The van der Waals surface area contributed by atoms with Gasteiger partial charge >= 0.3 is 0 Å². The van der Waals surface area contributed by atoms with E-state index >= 15 is 0 Å². The summed E-state index contributed by atoms with van der Waals surface area (Å²) in [7, 11) is 0. The quantitative estimate of drug-likeness (QED) is 0.239. The summed E-state index contributed by atoms with van der Waals surface area (Å²) < 4.78 is 0. The Morgan fingerprint density at radius 1 is 0.529 bits per heavy atom. The molecule has 34 heavy (non-hydrogen) atoms. The average molecular weight is 571 g/mol. The zero-order valence-corrected chi connectivity index (χ0v) is 24.8. The van der Waals surface area contributed by atoms with Crippen molar-refractivity contribution < 1.29 is 67.7 Å². The first-order valence-electron chi connectivity index (χ1n) is 9.62. The molecule has 7 nitrogen and oxygen atoms in total. The van der Waals surface area contributed by atoms with Gasteiger partial charge in [-0.25, -0.2) is 0 Å². The molecule has 2 saturated carbocycles. The zero-order chi connectivity index (χ0) is 26.4. The molecule has 2 fully saturated rings. The van der Waals surface area contributed by atoms with E-state index in [9.17, 15) is 4.79 Å². The first-order chi connectivity index (χ1) is 14.7. The summed E-state index contributed by atoms with van der Waals surface area (Å²) in [5.74, 6) is 1.86. The summed E-state index contributed by atoms with van der Waals surface area (Å²) in [5, 5.41) is 0. The third-order valence-electron chi connectivity index (χ3n) is 3.57. The summed E-state index contributed by atoms with van der Waals surface area (Å²) in [4.78, 5) is 57.1. The Labute approximate surface area is 233 Å². The number of ketones is 1. The van der Waals surface area contributed by atoms with Crippen LogP contribution in [0.3, 0.4) is 0 Å². The Morgan fingerprint density at radius 3 is 0.794 bits per heavy atom.